The van der Waals surface area contributed by atoms with E-state index in [2.05, 4.69) is 14.9 Å². The molecule has 0 atom stereocenters. The van der Waals surface area contributed by atoms with E-state index in [1.54, 1.807) is 4.57 Å². The summed E-state index contributed by atoms with van der Waals surface area (Å²) in [7, 11) is 1.31. The number of thioether (sulfide) groups is 1. The molecule has 1 heterocycles. The van der Waals surface area contributed by atoms with E-state index in [0.29, 0.717) is 11.7 Å². The molecule has 0 amide bonds. The molecule has 0 spiro atoms. The minimum Gasteiger partial charge on any atom is -0.481 e. The van der Waals surface area contributed by atoms with Gasteiger partial charge in [0.1, 0.15) is 6.33 Å². The number of esters is 1. The number of nitrogens with zero attached hydrogens (tertiary/aromatic N) is 3. The average Bonchev–Trinajstić information content (AvgIpc) is 2.70. The monoisotopic (exact) mass is 245 g/mol. The fourth-order valence-electron chi connectivity index (χ4n) is 0.950. The lowest BCUT2D eigenvalue weighted by Gasteiger charge is -2.03. The first-order chi connectivity index (χ1) is 7.63. The quantitative estimate of drug-likeness (QED) is 0.557. The van der Waals surface area contributed by atoms with Crippen molar-refractivity contribution in [3.05, 3.63) is 6.33 Å². The summed E-state index contributed by atoms with van der Waals surface area (Å²) in [6, 6.07) is 0. The van der Waals surface area contributed by atoms with Crippen LogP contribution in [-0.2, 0) is 20.9 Å². The highest BCUT2D eigenvalue weighted by Crippen LogP contribution is 2.14. The Bertz CT molecular complexity index is 379. The number of rotatable bonds is 6. The van der Waals surface area contributed by atoms with Crippen molar-refractivity contribution in [3.8, 4) is 0 Å². The van der Waals surface area contributed by atoms with E-state index in [1.807, 2.05) is 0 Å². The van der Waals surface area contributed by atoms with Crippen LogP contribution in [0.3, 0.4) is 0 Å². The van der Waals surface area contributed by atoms with Crippen LogP contribution in [0.1, 0.15) is 6.42 Å². The van der Waals surface area contributed by atoms with Crippen LogP contribution in [0.5, 0.6) is 0 Å². The van der Waals surface area contributed by atoms with Crippen LogP contribution in [0.2, 0.25) is 0 Å². The summed E-state index contributed by atoms with van der Waals surface area (Å²) < 4.78 is 6.11. The molecule has 0 saturated carbocycles. The van der Waals surface area contributed by atoms with Crippen molar-refractivity contribution in [2.24, 2.45) is 0 Å². The van der Waals surface area contributed by atoms with Crippen molar-refractivity contribution in [1.82, 2.24) is 14.8 Å². The first-order valence-electron chi connectivity index (χ1n) is 4.42. The molecule has 0 saturated heterocycles. The van der Waals surface area contributed by atoms with Crippen molar-refractivity contribution in [2.75, 3.05) is 12.9 Å². The van der Waals surface area contributed by atoms with E-state index < -0.39 is 5.97 Å². The normalized spacial score (nSPS) is 10.1. The molecule has 0 aliphatic heterocycles. The second kappa shape index (κ2) is 6.11. The highest BCUT2D eigenvalue weighted by Gasteiger charge is 2.09. The molecule has 7 nitrogen and oxygen atoms in total. The summed E-state index contributed by atoms with van der Waals surface area (Å²) in [6.07, 6.45) is 1.66. The number of carboxylic acids is 1. The Labute approximate surface area is 95.8 Å². The summed E-state index contributed by atoms with van der Waals surface area (Å²) in [4.78, 5) is 21.3. The molecule has 8 heteroatoms. The molecule has 0 radical (unpaired) electrons. The Morgan fingerprint density at radius 1 is 1.62 bits per heavy atom. The highest BCUT2D eigenvalue weighted by molar-refractivity contribution is 7.99. The number of ether oxygens (including phenoxy) is 1. The number of carbonyl (C=O) groups excluding carboxylic acids is 1. The molecular formula is C8H11N3O4S. The van der Waals surface area contributed by atoms with Gasteiger partial charge in [-0.3, -0.25) is 9.59 Å². The Kier molecular flexibility index (Phi) is 4.77. The molecule has 0 aliphatic carbocycles. The Balaban J connectivity index is 2.50. The fourth-order valence-corrected chi connectivity index (χ4v) is 1.61. The van der Waals surface area contributed by atoms with E-state index in [0.717, 1.165) is 11.8 Å². The number of aromatic nitrogens is 3. The zero-order valence-electron chi connectivity index (χ0n) is 8.62. The second-order valence-corrected chi connectivity index (χ2v) is 3.76. The van der Waals surface area contributed by atoms with E-state index in [-0.39, 0.29) is 18.1 Å². The Morgan fingerprint density at radius 3 is 3.00 bits per heavy atom. The zero-order valence-corrected chi connectivity index (χ0v) is 9.44. The lowest BCUT2D eigenvalue weighted by Crippen LogP contribution is -2.08. The molecule has 0 unspecified atom stereocenters. The van der Waals surface area contributed by atoms with Crippen LogP contribution >= 0.6 is 11.8 Å². The fraction of sp³-hybridized carbons (Fsp3) is 0.500. The maximum absolute atomic E-state index is 10.9. The maximum Gasteiger partial charge on any atom is 0.313 e. The van der Waals surface area contributed by atoms with Gasteiger partial charge in [-0.25, -0.2) is 0 Å². The van der Waals surface area contributed by atoms with Gasteiger partial charge in [-0.1, -0.05) is 11.8 Å². The molecule has 1 N–H and O–H groups in total. The van der Waals surface area contributed by atoms with Gasteiger partial charge in [0, 0.05) is 6.54 Å². The minimum absolute atomic E-state index is 0.0864. The molecule has 16 heavy (non-hydrogen) atoms. The Morgan fingerprint density at radius 2 is 2.38 bits per heavy atom. The summed E-state index contributed by atoms with van der Waals surface area (Å²) in [6.45, 7) is 0.377. The van der Waals surface area contributed by atoms with Crippen LogP contribution in [0.25, 0.3) is 0 Å². The first-order valence-corrected chi connectivity index (χ1v) is 5.41. The molecule has 0 aromatic carbocycles. The van der Waals surface area contributed by atoms with Crippen LogP contribution in [0.4, 0.5) is 0 Å². The van der Waals surface area contributed by atoms with Crippen LogP contribution in [-0.4, -0.2) is 44.7 Å². The second-order valence-electron chi connectivity index (χ2n) is 2.82. The third kappa shape index (κ3) is 3.89. The number of methoxy groups -OCH3 is 1. The minimum atomic E-state index is -0.924. The molecule has 0 aliphatic rings. The van der Waals surface area contributed by atoms with Crippen LogP contribution in [0.15, 0.2) is 11.5 Å². The van der Waals surface area contributed by atoms with Crippen molar-refractivity contribution in [2.45, 2.75) is 18.1 Å². The zero-order chi connectivity index (χ0) is 12.0. The van der Waals surface area contributed by atoms with Crippen LogP contribution in [0, 0.1) is 0 Å². The topological polar surface area (TPSA) is 94.3 Å². The first kappa shape index (κ1) is 12.5. The number of carboxylic acid groups (broad SMARTS) is 1. The SMILES string of the molecule is COC(=O)CCn1cnnc1SCC(=O)O. The molecule has 0 bridgehead atoms. The molecule has 1 aromatic heterocycles. The smallest absolute Gasteiger partial charge is 0.313 e. The average molecular weight is 245 g/mol. The van der Waals surface area contributed by atoms with E-state index in [1.165, 1.54) is 13.4 Å². The van der Waals surface area contributed by atoms with Gasteiger partial charge < -0.3 is 14.4 Å². The van der Waals surface area contributed by atoms with Crippen molar-refractivity contribution >= 4 is 23.7 Å². The van der Waals surface area contributed by atoms with Crippen molar-refractivity contribution in [1.29, 1.82) is 0 Å². The van der Waals surface area contributed by atoms with Gasteiger partial charge in [0.05, 0.1) is 19.3 Å². The van der Waals surface area contributed by atoms with Gasteiger partial charge in [-0.15, -0.1) is 10.2 Å². The van der Waals surface area contributed by atoms with Gasteiger partial charge in [0.15, 0.2) is 5.16 Å². The standard InChI is InChI=1S/C8H11N3O4S/c1-15-7(14)2-3-11-5-9-10-8(11)16-4-6(12)13/h5H,2-4H2,1H3,(H,12,13). The molecule has 1 rings (SSSR count). The predicted molar refractivity (Wildman–Crippen MR) is 55.0 cm³/mol. The van der Waals surface area contributed by atoms with E-state index >= 15 is 0 Å². The summed E-state index contributed by atoms with van der Waals surface area (Å²) in [5.41, 5.74) is 0. The lowest BCUT2D eigenvalue weighted by molar-refractivity contribution is -0.141. The van der Waals surface area contributed by atoms with Crippen LogP contribution < -0.4 is 0 Å². The van der Waals surface area contributed by atoms with E-state index in [9.17, 15) is 9.59 Å². The highest BCUT2D eigenvalue weighted by atomic mass is 32.2. The number of aryl methyl sites for hydroxylation is 1. The number of carbonyl (C=O) groups is 2. The number of hydrogen-bond donors (Lipinski definition) is 1. The number of aliphatic carboxylic acids is 1. The van der Waals surface area contributed by atoms with Gasteiger partial charge >= 0.3 is 11.9 Å². The molecule has 0 fully saturated rings. The van der Waals surface area contributed by atoms with Gasteiger partial charge in [-0.2, -0.15) is 0 Å². The summed E-state index contributed by atoms with van der Waals surface area (Å²) in [5.74, 6) is -1.34. The van der Waals surface area contributed by atoms with Crippen molar-refractivity contribution < 1.29 is 19.4 Å². The third-order valence-corrected chi connectivity index (χ3v) is 2.65. The molecule has 1 aromatic rings. The Hall–Kier alpha value is -1.57. The molecular weight excluding hydrogens is 234 g/mol. The molecule has 88 valence electrons. The van der Waals surface area contributed by atoms with Gasteiger partial charge in [0.2, 0.25) is 0 Å². The number of hydrogen-bond acceptors (Lipinski definition) is 6. The van der Waals surface area contributed by atoms with Crippen molar-refractivity contribution in [3.63, 3.8) is 0 Å². The van der Waals surface area contributed by atoms with E-state index in [4.69, 9.17) is 5.11 Å². The summed E-state index contributed by atoms with van der Waals surface area (Å²) >= 11 is 1.06. The third-order valence-electron chi connectivity index (χ3n) is 1.69. The predicted octanol–water partition coefficient (Wildman–Crippen LogP) is 0.0179. The maximum atomic E-state index is 10.9. The summed E-state index contributed by atoms with van der Waals surface area (Å²) in [5, 5.41) is 16.4. The van der Waals surface area contributed by atoms with Gasteiger partial charge in [-0.05, 0) is 0 Å². The lowest BCUT2D eigenvalue weighted by atomic mass is 10.4. The van der Waals surface area contributed by atoms with Gasteiger partial charge in [0.25, 0.3) is 0 Å². The largest absolute Gasteiger partial charge is 0.481 e.